The molecule has 1 amide bonds. The molecule has 4 heteroatoms. The van der Waals surface area contributed by atoms with Crippen molar-refractivity contribution < 1.29 is 9.18 Å². The van der Waals surface area contributed by atoms with Crippen LogP contribution in [0.5, 0.6) is 0 Å². The zero-order valence-corrected chi connectivity index (χ0v) is 12.8. The second-order valence-corrected chi connectivity index (χ2v) is 5.49. The molecular weight excluding hydrogens is 313 g/mol. The molecule has 0 spiro atoms. The van der Waals surface area contributed by atoms with Crippen LogP contribution in [-0.4, -0.2) is 5.91 Å². The van der Waals surface area contributed by atoms with Crippen molar-refractivity contribution in [2.75, 3.05) is 0 Å². The average molecular weight is 326 g/mol. The first-order valence-corrected chi connectivity index (χ1v) is 7.39. The van der Waals surface area contributed by atoms with E-state index in [0.717, 1.165) is 11.1 Å². The van der Waals surface area contributed by atoms with Crippen LogP contribution in [0, 0.1) is 5.82 Å². The number of nitrogens with two attached hydrogens (primary N) is 1. The fraction of sp³-hybridized carbons (Fsp3) is 0. The average Bonchev–Trinajstić information content (AvgIpc) is 2.56. The molecule has 0 saturated carbocycles. The quantitative estimate of drug-likeness (QED) is 0.730. The van der Waals surface area contributed by atoms with Crippen molar-refractivity contribution in [2.45, 2.75) is 0 Å². The zero-order chi connectivity index (χ0) is 16.4. The smallest absolute Gasteiger partial charge is 0.249 e. The van der Waals surface area contributed by atoms with Crippen molar-refractivity contribution in [2.24, 2.45) is 5.73 Å². The number of primary amides is 1. The van der Waals surface area contributed by atoms with Gasteiger partial charge in [-0.1, -0.05) is 54.1 Å². The summed E-state index contributed by atoms with van der Waals surface area (Å²) in [6.45, 7) is 0. The van der Waals surface area contributed by atoms with Gasteiger partial charge < -0.3 is 5.73 Å². The summed E-state index contributed by atoms with van der Waals surface area (Å²) in [5.74, 6) is -1.23. The van der Waals surface area contributed by atoms with Crippen LogP contribution >= 0.6 is 11.6 Å². The lowest BCUT2D eigenvalue weighted by molar-refractivity contribution is 0.100. The van der Waals surface area contributed by atoms with Crippen LogP contribution in [-0.2, 0) is 0 Å². The minimum absolute atomic E-state index is 0.108. The number of hydrogen-bond donors (Lipinski definition) is 1. The first kappa shape index (κ1) is 15.3. The highest BCUT2D eigenvalue weighted by molar-refractivity contribution is 6.33. The lowest BCUT2D eigenvalue weighted by Crippen LogP contribution is -2.13. The highest BCUT2D eigenvalue weighted by Crippen LogP contribution is 2.35. The Hall–Kier alpha value is -2.65. The fourth-order valence-electron chi connectivity index (χ4n) is 2.53. The van der Waals surface area contributed by atoms with E-state index in [1.165, 1.54) is 18.2 Å². The van der Waals surface area contributed by atoms with Crippen molar-refractivity contribution in [3.05, 3.63) is 83.1 Å². The molecule has 0 fully saturated rings. The van der Waals surface area contributed by atoms with E-state index in [4.69, 9.17) is 17.3 Å². The van der Waals surface area contributed by atoms with Gasteiger partial charge in [0, 0.05) is 21.7 Å². The maximum absolute atomic E-state index is 14.3. The number of halogens is 2. The summed E-state index contributed by atoms with van der Waals surface area (Å²) < 4.78 is 14.3. The molecule has 0 unspecified atom stereocenters. The molecule has 3 aromatic rings. The van der Waals surface area contributed by atoms with E-state index in [9.17, 15) is 9.18 Å². The molecular formula is C19H13ClFNO. The zero-order valence-electron chi connectivity index (χ0n) is 12.1. The van der Waals surface area contributed by atoms with Gasteiger partial charge in [0.2, 0.25) is 5.91 Å². The monoisotopic (exact) mass is 325 g/mol. The van der Waals surface area contributed by atoms with E-state index in [-0.39, 0.29) is 11.1 Å². The maximum atomic E-state index is 14.3. The lowest BCUT2D eigenvalue weighted by Gasteiger charge is -2.12. The molecule has 0 aliphatic heterocycles. The summed E-state index contributed by atoms with van der Waals surface area (Å²) in [4.78, 5) is 11.6. The van der Waals surface area contributed by atoms with Gasteiger partial charge in [-0.05, 0) is 35.4 Å². The topological polar surface area (TPSA) is 43.1 Å². The van der Waals surface area contributed by atoms with E-state index in [1.54, 1.807) is 12.1 Å². The molecule has 0 bridgehead atoms. The third-order valence-corrected chi connectivity index (χ3v) is 3.95. The van der Waals surface area contributed by atoms with Crippen LogP contribution in [0.25, 0.3) is 22.3 Å². The molecule has 3 aromatic carbocycles. The number of amides is 1. The van der Waals surface area contributed by atoms with Crippen molar-refractivity contribution in [3.63, 3.8) is 0 Å². The molecule has 0 aliphatic rings. The summed E-state index contributed by atoms with van der Waals surface area (Å²) in [6.07, 6.45) is 0. The first-order chi connectivity index (χ1) is 11.1. The molecule has 23 heavy (non-hydrogen) atoms. The molecule has 0 atom stereocenters. The highest BCUT2D eigenvalue weighted by atomic mass is 35.5. The van der Waals surface area contributed by atoms with Gasteiger partial charge in [0.05, 0.1) is 0 Å². The molecule has 2 nitrogen and oxygen atoms in total. The molecule has 0 heterocycles. The number of carbonyl (C=O) groups is 1. The van der Waals surface area contributed by atoms with Crippen LogP contribution in [0.3, 0.4) is 0 Å². The third-order valence-electron chi connectivity index (χ3n) is 3.62. The predicted octanol–water partition coefficient (Wildman–Crippen LogP) is 4.91. The van der Waals surface area contributed by atoms with Crippen LogP contribution in [0.2, 0.25) is 5.02 Å². The van der Waals surface area contributed by atoms with Crippen molar-refractivity contribution in [1.82, 2.24) is 0 Å². The van der Waals surface area contributed by atoms with Gasteiger partial charge in [-0.3, -0.25) is 4.79 Å². The maximum Gasteiger partial charge on any atom is 0.249 e. The van der Waals surface area contributed by atoms with Crippen LogP contribution in [0.4, 0.5) is 4.39 Å². The Bertz CT molecular complexity index is 878. The number of carbonyl (C=O) groups excluding carboxylic acids is 1. The van der Waals surface area contributed by atoms with Crippen molar-refractivity contribution >= 4 is 17.5 Å². The number of hydrogen-bond acceptors (Lipinski definition) is 1. The Balaban J connectivity index is 2.24. The normalized spacial score (nSPS) is 10.5. The minimum Gasteiger partial charge on any atom is -0.366 e. The van der Waals surface area contributed by atoms with Crippen LogP contribution in [0.15, 0.2) is 66.7 Å². The Morgan fingerprint density at radius 3 is 2.35 bits per heavy atom. The van der Waals surface area contributed by atoms with Gasteiger partial charge in [0.1, 0.15) is 5.82 Å². The van der Waals surface area contributed by atoms with E-state index in [2.05, 4.69) is 0 Å². The van der Waals surface area contributed by atoms with Gasteiger partial charge in [-0.2, -0.15) is 0 Å². The largest absolute Gasteiger partial charge is 0.366 e. The lowest BCUT2D eigenvalue weighted by atomic mass is 9.95. The molecule has 0 aliphatic carbocycles. The standard InChI is InChI=1S/C19H13ClFNO/c20-16-10-9-13(12-5-2-1-3-6-12)11-15(16)18-14(19(22)23)7-4-8-17(18)21/h1-11H,(H2,22,23). The van der Waals surface area contributed by atoms with Gasteiger partial charge in [-0.15, -0.1) is 0 Å². The van der Waals surface area contributed by atoms with Crippen LogP contribution < -0.4 is 5.73 Å². The van der Waals surface area contributed by atoms with Crippen molar-refractivity contribution in [1.29, 1.82) is 0 Å². The summed E-state index contributed by atoms with van der Waals surface area (Å²) in [5.41, 5.74) is 7.90. The van der Waals surface area contributed by atoms with Gasteiger partial charge in [0.15, 0.2) is 0 Å². The fourth-order valence-corrected chi connectivity index (χ4v) is 2.74. The second kappa shape index (κ2) is 6.23. The van der Waals surface area contributed by atoms with E-state index in [1.807, 2.05) is 36.4 Å². The van der Waals surface area contributed by atoms with Crippen molar-refractivity contribution in [3.8, 4) is 22.3 Å². The van der Waals surface area contributed by atoms with E-state index < -0.39 is 11.7 Å². The Morgan fingerprint density at radius 1 is 0.913 bits per heavy atom. The van der Waals surface area contributed by atoms with Gasteiger partial charge in [0.25, 0.3) is 0 Å². The summed E-state index contributed by atoms with van der Waals surface area (Å²) in [6, 6.07) is 19.2. The van der Waals surface area contributed by atoms with Crippen LogP contribution in [0.1, 0.15) is 10.4 Å². The third kappa shape index (κ3) is 2.96. The molecule has 114 valence electrons. The van der Waals surface area contributed by atoms with E-state index >= 15 is 0 Å². The number of benzene rings is 3. The molecule has 3 rings (SSSR count). The first-order valence-electron chi connectivity index (χ1n) is 7.01. The molecule has 2 N–H and O–H groups in total. The Morgan fingerprint density at radius 2 is 1.65 bits per heavy atom. The SMILES string of the molecule is NC(=O)c1cccc(F)c1-c1cc(-c2ccccc2)ccc1Cl. The Labute approximate surface area is 138 Å². The molecule has 0 saturated heterocycles. The summed E-state index contributed by atoms with van der Waals surface area (Å²) in [7, 11) is 0. The predicted molar refractivity (Wildman–Crippen MR) is 90.8 cm³/mol. The minimum atomic E-state index is -0.694. The molecule has 0 aromatic heterocycles. The second-order valence-electron chi connectivity index (χ2n) is 5.09. The summed E-state index contributed by atoms with van der Waals surface area (Å²) >= 11 is 6.25. The number of rotatable bonds is 3. The summed E-state index contributed by atoms with van der Waals surface area (Å²) in [5, 5.41) is 0.359. The van der Waals surface area contributed by atoms with Gasteiger partial charge in [-0.25, -0.2) is 4.39 Å². The van der Waals surface area contributed by atoms with E-state index in [0.29, 0.717) is 10.6 Å². The Kier molecular flexibility index (Phi) is 4.13. The van der Waals surface area contributed by atoms with Gasteiger partial charge >= 0.3 is 0 Å². The molecule has 0 radical (unpaired) electrons. The highest BCUT2D eigenvalue weighted by Gasteiger charge is 2.17.